The molecule has 0 N–H and O–H groups in total. The Morgan fingerprint density at radius 1 is 0.571 bits per heavy atom. The molecule has 0 aliphatic carbocycles. The first-order chi connectivity index (χ1) is 13.9. The van der Waals surface area contributed by atoms with E-state index in [1.54, 1.807) is 0 Å². The Balaban J connectivity index is 1.67. The zero-order chi connectivity index (χ0) is 20.0. The molecule has 0 aromatic heterocycles. The fourth-order valence-corrected chi connectivity index (χ4v) is 2.68. The van der Waals surface area contributed by atoms with Crippen molar-refractivity contribution in [3.63, 3.8) is 0 Å². The third-order valence-corrected chi connectivity index (χ3v) is 4.29. The molecule has 0 heterocycles. The summed E-state index contributed by atoms with van der Waals surface area (Å²) in [6.45, 7) is 5.57. The van der Waals surface area contributed by atoms with Gasteiger partial charge >= 0.3 is 0 Å². The van der Waals surface area contributed by atoms with E-state index in [1.165, 1.54) is 18.4 Å². The van der Waals surface area contributed by atoms with Gasteiger partial charge in [0.15, 0.2) is 0 Å². The van der Waals surface area contributed by atoms with Gasteiger partial charge in [-0.25, -0.2) is 0 Å². The summed E-state index contributed by atoms with van der Waals surface area (Å²) in [5.74, 6) is 0. The second kappa shape index (κ2) is 20.5. The summed E-state index contributed by atoms with van der Waals surface area (Å²) in [4.78, 5) is 10.2. The molecule has 0 bridgehead atoms. The lowest BCUT2D eigenvalue weighted by Crippen LogP contribution is -2.10. The molecular formula is C23H38O5. The van der Waals surface area contributed by atoms with Crippen molar-refractivity contribution >= 4 is 6.29 Å². The fourth-order valence-electron chi connectivity index (χ4n) is 2.68. The predicted molar refractivity (Wildman–Crippen MR) is 112 cm³/mol. The van der Waals surface area contributed by atoms with E-state index in [4.69, 9.17) is 18.9 Å². The molecule has 5 heteroatoms. The molecule has 0 saturated heterocycles. The number of unbranched alkanes of at least 4 members (excludes halogenated alkanes) is 6. The molecule has 0 radical (unpaired) electrons. The number of aldehydes is 1. The Morgan fingerprint density at radius 2 is 1.07 bits per heavy atom. The van der Waals surface area contributed by atoms with Crippen LogP contribution in [0.25, 0.3) is 0 Å². The van der Waals surface area contributed by atoms with Crippen LogP contribution >= 0.6 is 0 Å². The maximum atomic E-state index is 10.2. The first-order valence-electron chi connectivity index (χ1n) is 10.7. The molecule has 1 aromatic rings. The molecule has 5 nitrogen and oxygen atoms in total. The average molecular weight is 395 g/mol. The zero-order valence-corrected chi connectivity index (χ0v) is 17.3. The number of rotatable bonds is 21. The van der Waals surface area contributed by atoms with Crippen molar-refractivity contribution < 1.29 is 23.7 Å². The van der Waals surface area contributed by atoms with Gasteiger partial charge in [0.1, 0.15) is 6.29 Å². The van der Waals surface area contributed by atoms with Crippen LogP contribution in [0.1, 0.15) is 56.9 Å². The standard InChI is InChI=1S/C23H38O5/c24-14-8-1-2-9-15-25-18-20-27-21-19-26-16-10-3-4-11-17-28-22-23-12-6-5-7-13-23/h5-7,12-14H,1-4,8-11,15-22H2. The van der Waals surface area contributed by atoms with Crippen molar-refractivity contribution in [2.45, 2.75) is 58.0 Å². The van der Waals surface area contributed by atoms with Gasteiger partial charge in [-0.3, -0.25) is 0 Å². The minimum atomic E-state index is 0.612. The lowest BCUT2D eigenvalue weighted by molar-refractivity contribution is -0.107. The highest BCUT2D eigenvalue weighted by Gasteiger charge is 1.95. The molecule has 1 aromatic carbocycles. The topological polar surface area (TPSA) is 54.0 Å². The van der Waals surface area contributed by atoms with Gasteiger partial charge in [-0.15, -0.1) is 0 Å². The van der Waals surface area contributed by atoms with Gasteiger partial charge in [0.25, 0.3) is 0 Å². The maximum absolute atomic E-state index is 10.2. The van der Waals surface area contributed by atoms with Crippen LogP contribution in [0.2, 0.25) is 0 Å². The third kappa shape index (κ3) is 16.9. The summed E-state index contributed by atoms with van der Waals surface area (Å²) in [5, 5.41) is 0. The molecule has 0 aliphatic rings. The molecule has 28 heavy (non-hydrogen) atoms. The Labute approximate surface area is 170 Å². The molecule has 0 unspecified atom stereocenters. The van der Waals surface area contributed by atoms with E-state index >= 15 is 0 Å². The Morgan fingerprint density at radius 3 is 1.64 bits per heavy atom. The Hall–Kier alpha value is -1.27. The quantitative estimate of drug-likeness (QED) is 0.226. The number of carbonyl (C=O) groups is 1. The van der Waals surface area contributed by atoms with Crippen LogP contribution in [0.3, 0.4) is 0 Å². The van der Waals surface area contributed by atoms with Gasteiger partial charge in [-0.1, -0.05) is 49.6 Å². The first-order valence-corrected chi connectivity index (χ1v) is 10.7. The zero-order valence-electron chi connectivity index (χ0n) is 17.3. The van der Waals surface area contributed by atoms with Gasteiger partial charge in [0.2, 0.25) is 0 Å². The SMILES string of the molecule is O=CCCCCCOCCOCCOCCCCCCOCc1ccccc1. The normalized spacial score (nSPS) is 11.0. The molecule has 1 rings (SSSR count). The van der Waals surface area contributed by atoms with Crippen LogP contribution in [-0.2, 0) is 30.3 Å². The number of benzene rings is 1. The van der Waals surface area contributed by atoms with Crippen LogP contribution in [0.4, 0.5) is 0 Å². The van der Waals surface area contributed by atoms with E-state index in [9.17, 15) is 4.79 Å². The second-order valence-corrected chi connectivity index (χ2v) is 6.81. The molecule has 160 valence electrons. The Bertz CT molecular complexity index is 438. The van der Waals surface area contributed by atoms with Crippen molar-refractivity contribution in [1.29, 1.82) is 0 Å². The van der Waals surface area contributed by atoms with Crippen LogP contribution in [0.5, 0.6) is 0 Å². The number of hydrogen-bond donors (Lipinski definition) is 0. The van der Waals surface area contributed by atoms with Gasteiger partial charge in [-0.05, 0) is 31.2 Å². The van der Waals surface area contributed by atoms with Gasteiger partial charge < -0.3 is 23.7 Å². The van der Waals surface area contributed by atoms with Crippen LogP contribution in [0, 0.1) is 0 Å². The summed E-state index contributed by atoms with van der Waals surface area (Å²) in [6, 6.07) is 10.3. The van der Waals surface area contributed by atoms with Crippen LogP contribution < -0.4 is 0 Å². The van der Waals surface area contributed by atoms with Crippen molar-refractivity contribution in [3.05, 3.63) is 35.9 Å². The van der Waals surface area contributed by atoms with Crippen molar-refractivity contribution in [3.8, 4) is 0 Å². The lowest BCUT2D eigenvalue weighted by atomic mass is 10.2. The predicted octanol–water partition coefficient (Wildman–Crippen LogP) is 4.57. The van der Waals surface area contributed by atoms with E-state index in [2.05, 4.69) is 12.1 Å². The van der Waals surface area contributed by atoms with Gasteiger partial charge in [0.05, 0.1) is 33.0 Å². The molecule has 0 spiro atoms. The van der Waals surface area contributed by atoms with Crippen LogP contribution in [0.15, 0.2) is 30.3 Å². The number of ether oxygens (including phenoxy) is 4. The Kier molecular flexibility index (Phi) is 18.1. The first kappa shape index (κ1) is 24.8. The molecule has 0 fully saturated rings. The van der Waals surface area contributed by atoms with E-state index < -0.39 is 0 Å². The van der Waals surface area contributed by atoms with Gasteiger partial charge in [-0.2, -0.15) is 0 Å². The van der Waals surface area contributed by atoms with E-state index in [0.29, 0.717) is 39.5 Å². The molecular weight excluding hydrogens is 356 g/mol. The van der Waals surface area contributed by atoms with Crippen molar-refractivity contribution in [2.75, 3.05) is 46.2 Å². The molecule has 0 atom stereocenters. The van der Waals surface area contributed by atoms with Crippen molar-refractivity contribution in [1.82, 2.24) is 0 Å². The summed E-state index contributed by atoms with van der Waals surface area (Å²) in [6.07, 6.45) is 9.20. The second-order valence-electron chi connectivity index (χ2n) is 6.81. The van der Waals surface area contributed by atoms with Crippen LogP contribution in [-0.4, -0.2) is 52.5 Å². The minimum absolute atomic E-state index is 0.612. The highest BCUT2D eigenvalue weighted by atomic mass is 16.5. The molecule has 0 amide bonds. The monoisotopic (exact) mass is 394 g/mol. The highest BCUT2D eigenvalue weighted by molar-refractivity contribution is 5.48. The smallest absolute Gasteiger partial charge is 0.119 e. The molecule has 0 aliphatic heterocycles. The highest BCUT2D eigenvalue weighted by Crippen LogP contribution is 2.04. The molecule has 0 saturated carbocycles. The fraction of sp³-hybridized carbons (Fsp3) is 0.696. The maximum Gasteiger partial charge on any atom is 0.119 e. The summed E-state index contributed by atoms with van der Waals surface area (Å²) < 4.78 is 22.2. The van der Waals surface area contributed by atoms with E-state index in [-0.39, 0.29) is 0 Å². The lowest BCUT2D eigenvalue weighted by Gasteiger charge is -2.07. The van der Waals surface area contributed by atoms with Crippen molar-refractivity contribution in [2.24, 2.45) is 0 Å². The average Bonchev–Trinajstić information content (AvgIpc) is 2.73. The van der Waals surface area contributed by atoms with E-state index in [1.807, 2.05) is 18.2 Å². The summed E-state index contributed by atoms with van der Waals surface area (Å²) in [5.41, 5.74) is 1.23. The van der Waals surface area contributed by atoms with Gasteiger partial charge in [0, 0.05) is 26.2 Å². The van der Waals surface area contributed by atoms with E-state index in [0.717, 1.165) is 58.2 Å². The third-order valence-electron chi connectivity index (χ3n) is 4.29. The number of carbonyl (C=O) groups excluding carboxylic acids is 1. The summed E-state index contributed by atoms with van der Waals surface area (Å²) >= 11 is 0. The number of hydrogen-bond acceptors (Lipinski definition) is 5. The minimum Gasteiger partial charge on any atom is -0.379 e. The largest absolute Gasteiger partial charge is 0.379 e. The summed E-state index contributed by atoms with van der Waals surface area (Å²) in [7, 11) is 0.